The molecule has 8 nitrogen and oxygen atoms in total. The fourth-order valence-electron chi connectivity index (χ4n) is 7.18. The normalized spacial score (nSPS) is 37.8. The van der Waals surface area contributed by atoms with Crippen LogP contribution in [0.15, 0.2) is 34.9 Å². The average Bonchev–Trinajstić information content (AvgIpc) is 3.20. The Bertz CT molecular complexity index is 1090. The predicted molar refractivity (Wildman–Crippen MR) is 129 cm³/mol. The summed E-state index contributed by atoms with van der Waals surface area (Å²) >= 11 is 0. The molecule has 2 aliphatic carbocycles. The molecule has 1 saturated heterocycles. The lowest BCUT2D eigenvalue weighted by atomic mass is 9.49. The third kappa shape index (κ3) is 3.94. The third-order valence-electron chi connectivity index (χ3n) is 9.29. The Kier molecular flexibility index (Phi) is 6.56. The van der Waals surface area contributed by atoms with Crippen molar-refractivity contribution in [3.63, 3.8) is 0 Å². The molecule has 4 rings (SSSR count). The molecular formula is C28H36O8. The molecule has 6 atom stereocenters. The van der Waals surface area contributed by atoms with E-state index in [9.17, 15) is 19.2 Å². The molecule has 0 bridgehead atoms. The predicted octanol–water partition coefficient (Wildman–Crippen LogP) is 3.84. The minimum absolute atomic E-state index is 0.000863. The lowest BCUT2D eigenvalue weighted by Crippen LogP contribution is -2.53. The van der Waals surface area contributed by atoms with Gasteiger partial charge in [-0.05, 0) is 48.7 Å². The van der Waals surface area contributed by atoms with Gasteiger partial charge in [0, 0.05) is 29.6 Å². The number of allylic oxidation sites excluding steroid dienone is 3. The first-order valence-electron chi connectivity index (χ1n) is 12.4. The van der Waals surface area contributed by atoms with E-state index in [1.54, 1.807) is 6.08 Å². The molecule has 2 heterocycles. The Balaban J connectivity index is 1.80. The summed E-state index contributed by atoms with van der Waals surface area (Å²) in [6.07, 6.45) is 5.12. The molecule has 1 fully saturated rings. The molecule has 0 radical (unpaired) electrons. The summed E-state index contributed by atoms with van der Waals surface area (Å²) in [6.45, 7) is 10.00. The number of hydrogen-bond donors (Lipinski definition) is 0. The Hall–Kier alpha value is -2.74. The van der Waals surface area contributed by atoms with Crippen LogP contribution in [-0.2, 0) is 38.1 Å². The highest BCUT2D eigenvalue weighted by molar-refractivity contribution is 5.96. The minimum atomic E-state index is -0.889. The highest BCUT2D eigenvalue weighted by Crippen LogP contribution is 2.60. The third-order valence-corrected chi connectivity index (χ3v) is 9.29. The van der Waals surface area contributed by atoms with Gasteiger partial charge >= 0.3 is 17.9 Å². The molecule has 1 unspecified atom stereocenters. The van der Waals surface area contributed by atoms with Crippen molar-refractivity contribution in [3.8, 4) is 0 Å². The zero-order valence-electron chi connectivity index (χ0n) is 22.1. The maximum atomic E-state index is 12.9. The molecule has 36 heavy (non-hydrogen) atoms. The summed E-state index contributed by atoms with van der Waals surface area (Å²) < 4.78 is 21.4. The number of esters is 3. The van der Waals surface area contributed by atoms with Gasteiger partial charge in [0.25, 0.3) is 0 Å². The van der Waals surface area contributed by atoms with Crippen LogP contribution in [0.25, 0.3) is 0 Å². The molecule has 0 aromatic carbocycles. The lowest BCUT2D eigenvalue weighted by molar-refractivity contribution is -0.165. The first-order chi connectivity index (χ1) is 16.8. The summed E-state index contributed by atoms with van der Waals surface area (Å²) in [7, 11) is 2.81. The van der Waals surface area contributed by atoms with Crippen molar-refractivity contribution in [2.45, 2.75) is 72.7 Å². The van der Waals surface area contributed by atoms with Gasteiger partial charge in [-0.15, -0.1) is 0 Å². The van der Waals surface area contributed by atoms with E-state index in [0.29, 0.717) is 12.0 Å². The van der Waals surface area contributed by atoms with E-state index in [4.69, 9.17) is 18.9 Å². The molecular weight excluding hydrogens is 464 g/mol. The van der Waals surface area contributed by atoms with E-state index >= 15 is 0 Å². The molecule has 8 heteroatoms. The van der Waals surface area contributed by atoms with Gasteiger partial charge in [-0.1, -0.05) is 39.3 Å². The number of fused-ring (bicyclic) bond motifs is 1. The van der Waals surface area contributed by atoms with Gasteiger partial charge < -0.3 is 18.9 Å². The molecule has 0 aromatic rings. The average molecular weight is 501 g/mol. The Morgan fingerprint density at radius 1 is 1.11 bits per heavy atom. The topological polar surface area (TPSA) is 105 Å². The maximum absolute atomic E-state index is 12.9. The van der Waals surface area contributed by atoms with Crippen LogP contribution in [0.5, 0.6) is 0 Å². The summed E-state index contributed by atoms with van der Waals surface area (Å²) in [5, 5.41) is 0. The van der Waals surface area contributed by atoms with Gasteiger partial charge in [0.1, 0.15) is 6.10 Å². The van der Waals surface area contributed by atoms with Gasteiger partial charge in [-0.2, -0.15) is 0 Å². The van der Waals surface area contributed by atoms with Gasteiger partial charge in [-0.25, -0.2) is 4.79 Å². The van der Waals surface area contributed by atoms with Crippen molar-refractivity contribution in [3.05, 3.63) is 34.9 Å². The maximum Gasteiger partial charge on any atom is 0.333 e. The van der Waals surface area contributed by atoms with Gasteiger partial charge in [0.15, 0.2) is 5.78 Å². The second-order valence-electron chi connectivity index (χ2n) is 11.5. The van der Waals surface area contributed by atoms with E-state index in [0.717, 1.165) is 17.6 Å². The number of ketones is 1. The highest BCUT2D eigenvalue weighted by Gasteiger charge is 2.58. The Labute approximate surface area is 212 Å². The van der Waals surface area contributed by atoms with E-state index in [1.165, 1.54) is 20.3 Å². The van der Waals surface area contributed by atoms with Crippen molar-refractivity contribution >= 4 is 23.7 Å². The van der Waals surface area contributed by atoms with E-state index in [-0.39, 0.29) is 42.4 Å². The van der Waals surface area contributed by atoms with Gasteiger partial charge in [-0.3, -0.25) is 14.4 Å². The highest BCUT2D eigenvalue weighted by atomic mass is 16.7. The summed E-state index contributed by atoms with van der Waals surface area (Å²) in [5.41, 5.74) is 0.759. The van der Waals surface area contributed by atoms with Crippen LogP contribution in [0.4, 0.5) is 0 Å². The monoisotopic (exact) mass is 500 g/mol. The first-order valence-corrected chi connectivity index (χ1v) is 12.4. The summed E-state index contributed by atoms with van der Waals surface area (Å²) in [6, 6.07) is 0. The van der Waals surface area contributed by atoms with Crippen LogP contribution < -0.4 is 0 Å². The van der Waals surface area contributed by atoms with Crippen LogP contribution >= 0.6 is 0 Å². The zero-order valence-corrected chi connectivity index (χ0v) is 22.1. The van der Waals surface area contributed by atoms with Crippen LogP contribution in [0, 0.1) is 28.1 Å². The van der Waals surface area contributed by atoms with Crippen molar-refractivity contribution in [2.24, 2.45) is 28.1 Å². The molecule has 2 aliphatic heterocycles. The number of rotatable bonds is 5. The van der Waals surface area contributed by atoms with Crippen LogP contribution in [0.2, 0.25) is 0 Å². The number of cyclic esters (lactones) is 2. The standard InChI is InChI=1S/C28H36O8/c1-15-17(27(4)11-9-20(29)26(2,3)19(27)14-21(30)33-6)8-10-28(5)18(15)13-23(32)35-24(28)16-12-22(31)36-25(16)34-7/h9,11-12,17,19,24-25H,8,10,13-14H2,1-7H3/t17-,19-,24-,25?,27+,28+/m0/s1. The number of hydrogen-bond acceptors (Lipinski definition) is 8. The number of methoxy groups -OCH3 is 2. The molecule has 0 N–H and O–H groups in total. The number of carbonyl (C=O) groups excluding carboxylic acids is 4. The minimum Gasteiger partial charge on any atom is -0.469 e. The largest absolute Gasteiger partial charge is 0.469 e. The number of carbonyl (C=O) groups is 4. The van der Waals surface area contributed by atoms with Crippen molar-refractivity contribution in [2.75, 3.05) is 14.2 Å². The zero-order chi connectivity index (χ0) is 26.6. The first kappa shape index (κ1) is 26.3. The quantitative estimate of drug-likeness (QED) is 0.319. The molecule has 0 saturated carbocycles. The van der Waals surface area contributed by atoms with Crippen LogP contribution in [-0.4, -0.2) is 50.3 Å². The lowest BCUT2D eigenvalue weighted by Gasteiger charge is -2.55. The molecule has 0 amide bonds. The van der Waals surface area contributed by atoms with E-state index < -0.39 is 34.6 Å². The van der Waals surface area contributed by atoms with Crippen LogP contribution in [0.3, 0.4) is 0 Å². The summed E-state index contributed by atoms with van der Waals surface area (Å²) in [4.78, 5) is 50.2. The molecule has 0 spiro atoms. The summed E-state index contributed by atoms with van der Waals surface area (Å²) in [5.74, 6) is -1.53. The molecule has 196 valence electrons. The fourth-order valence-corrected chi connectivity index (χ4v) is 7.18. The van der Waals surface area contributed by atoms with E-state index in [2.05, 4.69) is 13.8 Å². The number of ether oxygens (including phenoxy) is 4. The molecule has 0 aromatic heterocycles. The van der Waals surface area contributed by atoms with Crippen LogP contribution in [0.1, 0.15) is 60.3 Å². The fraction of sp³-hybridized carbons (Fsp3) is 0.643. The molecule has 4 aliphatic rings. The van der Waals surface area contributed by atoms with E-state index in [1.807, 2.05) is 26.8 Å². The SMILES string of the molecule is COC(=O)C[C@H]1C(C)(C)C(=O)C=C[C@]1(C)[C@H]1CC[C@]2(C)C(=C1C)CC(=O)O[C@H]2C1=CC(=O)OC1OC. The van der Waals surface area contributed by atoms with Crippen molar-refractivity contribution in [1.29, 1.82) is 0 Å². The van der Waals surface area contributed by atoms with Crippen molar-refractivity contribution < 1.29 is 38.1 Å². The van der Waals surface area contributed by atoms with Gasteiger partial charge in [0.05, 0.1) is 20.0 Å². The Morgan fingerprint density at radius 2 is 1.81 bits per heavy atom. The smallest absolute Gasteiger partial charge is 0.333 e. The second kappa shape index (κ2) is 8.98. The second-order valence-corrected chi connectivity index (χ2v) is 11.5. The van der Waals surface area contributed by atoms with Crippen molar-refractivity contribution in [1.82, 2.24) is 0 Å². The van der Waals surface area contributed by atoms with Gasteiger partial charge in [0.2, 0.25) is 6.29 Å². The Morgan fingerprint density at radius 3 is 2.44 bits per heavy atom.